The highest BCUT2D eigenvalue weighted by atomic mass is 19.1. The van der Waals surface area contributed by atoms with E-state index in [1.807, 2.05) is 13.8 Å². The zero-order valence-electron chi connectivity index (χ0n) is 11.9. The van der Waals surface area contributed by atoms with Gasteiger partial charge in [-0.2, -0.15) is 0 Å². The highest BCUT2D eigenvalue weighted by molar-refractivity contribution is 5.36. The molecule has 0 bridgehead atoms. The number of hydrogen-bond acceptors (Lipinski definition) is 3. The molecule has 19 heavy (non-hydrogen) atoms. The van der Waals surface area contributed by atoms with Gasteiger partial charge in [0, 0.05) is 30.2 Å². The molecule has 0 heterocycles. The maximum absolute atomic E-state index is 13.3. The van der Waals surface area contributed by atoms with Gasteiger partial charge in [-0.1, -0.05) is 19.9 Å². The molecular formula is C15H24FNO2. The Hall–Kier alpha value is -1.13. The molecule has 4 heteroatoms. The minimum absolute atomic E-state index is 0.0371. The van der Waals surface area contributed by atoms with Crippen LogP contribution in [0.15, 0.2) is 18.2 Å². The molecule has 108 valence electrons. The number of nitrogens with one attached hydrogen (secondary N) is 1. The molecule has 0 aliphatic rings. The lowest BCUT2D eigenvalue weighted by molar-refractivity contribution is 0.173. The van der Waals surface area contributed by atoms with Gasteiger partial charge in [-0.25, -0.2) is 4.39 Å². The number of hydrogen-bond donors (Lipinski definition) is 2. The second-order valence-electron chi connectivity index (χ2n) is 4.96. The number of rotatable bonds is 8. The predicted molar refractivity (Wildman–Crippen MR) is 74.9 cm³/mol. The molecule has 1 aromatic rings. The van der Waals surface area contributed by atoms with Crippen LogP contribution in [-0.2, 0) is 0 Å². The number of ether oxygens (including phenoxy) is 1. The molecule has 3 nitrogen and oxygen atoms in total. The lowest BCUT2D eigenvalue weighted by atomic mass is 10.1. The average molecular weight is 269 g/mol. The van der Waals surface area contributed by atoms with Gasteiger partial charge in [0.2, 0.25) is 0 Å². The minimum Gasteiger partial charge on any atom is -0.493 e. The molecule has 0 amide bonds. The van der Waals surface area contributed by atoms with Crippen molar-refractivity contribution in [2.24, 2.45) is 5.92 Å². The van der Waals surface area contributed by atoms with Crippen molar-refractivity contribution in [1.29, 1.82) is 0 Å². The maximum atomic E-state index is 13.3. The SMILES string of the molecule is CCCNC(C)c1ccc(F)cc1OCC(C)CO. The topological polar surface area (TPSA) is 41.5 Å². The average Bonchev–Trinajstić information content (AvgIpc) is 2.42. The van der Waals surface area contributed by atoms with E-state index in [1.165, 1.54) is 12.1 Å². The first-order valence-corrected chi connectivity index (χ1v) is 6.85. The van der Waals surface area contributed by atoms with Crippen LogP contribution in [0.5, 0.6) is 5.75 Å². The van der Waals surface area contributed by atoms with Gasteiger partial charge in [-0.15, -0.1) is 0 Å². The van der Waals surface area contributed by atoms with Crippen LogP contribution in [0.1, 0.15) is 38.8 Å². The van der Waals surface area contributed by atoms with Gasteiger partial charge in [0.25, 0.3) is 0 Å². The Bertz CT molecular complexity index is 384. The molecule has 2 N–H and O–H groups in total. The van der Waals surface area contributed by atoms with E-state index < -0.39 is 0 Å². The predicted octanol–water partition coefficient (Wildman–Crippen LogP) is 2.89. The van der Waals surface area contributed by atoms with Gasteiger partial charge in [0.05, 0.1) is 6.61 Å². The lowest BCUT2D eigenvalue weighted by Crippen LogP contribution is -2.21. The molecule has 0 aromatic heterocycles. The van der Waals surface area contributed by atoms with E-state index in [0.717, 1.165) is 18.5 Å². The van der Waals surface area contributed by atoms with Crippen molar-refractivity contribution in [2.75, 3.05) is 19.8 Å². The van der Waals surface area contributed by atoms with Crippen LogP contribution in [0.25, 0.3) is 0 Å². The maximum Gasteiger partial charge on any atom is 0.126 e. The monoisotopic (exact) mass is 269 g/mol. The molecule has 0 aliphatic heterocycles. The number of benzene rings is 1. The van der Waals surface area contributed by atoms with Crippen molar-refractivity contribution in [3.05, 3.63) is 29.6 Å². The van der Waals surface area contributed by atoms with Crippen LogP contribution < -0.4 is 10.1 Å². The Morgan fingerprint density at radius 2 is 2.11 bits per heavy atom. The van der Waals surface area contributed by atoms with Crippen LogP contribution in [-0.4, -0.2) is 24.9 Å². The Kier molecular flexibility index (Phi) is 6.81. The van der Waals surface area contributed by atoms with Crippen molar-refractivity contribution in [1.82, 2.24) is 5.32 Å². The molecule has 0 aliphatic carbocycles. The van der Waals surface area contributed by atoms with Gasteiger partial charge >= 0.3 is 0 Å². The van der Waals surface area contributed by atoms with Crippen LogP contribution in [0.2, 0.25) is 0 Å². The van der Waals surface area contributed by atoms with Gasteiger partial charge < -0.3 is 15.2 Å². The van der Waals surface area contributed by atoms with Crippen molar-refractivity contribution < 1.29 is 14.2 Å². The summed E-state index contributed by atoms with van der Waals surface area (Å²) >= 11 is 0. The smallest absolute Gasteiger partial charge is 0.126 e. The molecule has 0 saturated heterocycles. The van der Waals surface area contributed by atoms with Crippen molar-refractivity contribution in [3.8, 4) is 5.75 Å². The Balaban J connectivity index is 2.78. The Morgan fingerprint density at radius 3 is 2.74 bits per heavy atom. The normalized spacial score (nSPS) is 14.2. The summed E-state index contributed by atoms with van der Waals surface area (Å²) in [7, 11) is 0. The van der Waals surface area contributed by atoms with E-state index >= 15 is 0 Å². The Morgan fingerprint density at radius 1 is 1.37 bits per heavy atom. The Labute approximate surface area is 114 Å². The van der Waals surface area contributed by atoms with Gasteiger partial charge in [0.15, 0.2) is 0 Å². The summed E-state index contributed by atoms with van der Waals surface area (Å²) in [6, 6.07) is 4.72. The quantitative estimate of drug-likeness (QED) is 0.762. The summed E-state index contributed by atoms with van der Waals surface area (Å²) < 4.78 is 19.0. The third-order valence-electron chi connectivity index (χ3n) is 2.98. The second kappa shape index (κ2) is 8.12. The van der Waals surface area contributed by atoms with Crippen LogP contribution in [0.3, 0.4) is 0 Å². The summed E-state index contributed by atoms with van der Waals surface area (Å²) in [5.41, 5.74) is 0.944. The standard InChI is InChI=1S/C15H24FNO2/c1-4-7-17-12(3)14-6-5-13(16)8-15(14)19-10-11(2)9-18/h5-6,8,11-12,17-18H,4,7,9-10H2,1-3H3. The number of halogens is 1. The summed E-state index contributed by atoms with van der Waals surface area (Å²) in [5, 5.41) is 12.4. The molecule has 0 spiro atoms. The van der Waals surface area contributed by atoms with Gasteiger partial charge in [0.1, 0.15) is 11.6 Å². The lowest BCUT2D eigenvalue weighted by Gasteiger charge is -2.19. The molecular weight excluding hydrogens is 245 g/mol. The zero-order valence-corrected chi connectivity index (χ0v) is 11.9. The molecule has 2 atom stereocenters. The summed E-state index contributed by atoms with van der Waals surface area (Å²) in [6.45, 7) is 7.38. The van der Waals surface area contributed by atoms with Gasteiger partial charge in [-0.05, 0) is 26.0 Å². The third-order valence-corrected chi connectivity index (χ3v) is 2.98. The van der Waals surface area contributed by atoms with E-state index in [9.17, 15) is 4.39 Å². The van der Waals surface area contributed by atoms with Crippen molar-refractivity contribution >= 4 is 0 Å². The largest absolute Gasteiger partial charge is 0.493 e. The highest BCUT2D eigenvalue weighted by Crippen LogP contribution is 2.26. The third kappa shape index (κ3) is 5.17. The van der Waals surface area contributed by atoms with E-state index in [-0.39, 0.29) is 24.4 Å². The van der Waals surface area contributed by atoms with Gasteiger partial charge in [-0.3, -0.25) is 0 Å². The van der Waals surface area contributed by atoms with Crippen molar-refractivity contribution in [2.45, 2.75) is 33.2 Å². The zero-order chi connectivity index (χ0) is 14.3. The van der Waals surface area contributed by atoms with E-state index in [0.29, 0.717) is 12.4 Å². The first-order chi connectivity index (χ1) is 9.08. The van der Waals surface area contributed by atoms with E-state index in [4.69, 9.17) is 9.84 Å². The molecule has 1 aromatic carbocycles. The van der Waals surface area contributed by atoms with Crippen molar-refractivity contribution in [3.63, 3.8) is 0 Å². The molecule has 0 saturated carbocycles. The van der Waals surface area contributed by atoms with Crippen LogP contribution in [0, 0.1) is 11.7 Å². The minimum atomic E-state index is -0.307. The van der Waals surface area contributed by atoms with Crippen LogP contribution >= 0.6 is 0 Å². The number of aliphatic hydroxyl groups excluding tert-OH is 1. The fourth-order valence-corrected chi connectivity index (χ4v) is 1.75. The summed E-state index contributed by atoms with van der Waals surface area (Å²) in [4.78, 5) is 0. The molecule has 2 unspecified atom stereocenters. The van der Waals surface area contributed by atoms with E-state index in [1.54, 1.807) is 6.07 Å². The fraction of sp³-hybridized carbons (Fsp3) is 0.600. The summed E-state index contributed by atoms with van der Waals surface area (Å²) in [6.07, 6.45) is 1.04. The summed E-state index contributed by atoms with van der Waals surface area (Å²) in [5.74, 6) is 0.282. The first kappa shape index (κ1) is 15.9. The fourth-order valence-electron chi connectivity index (χ4n) is 1.75. The first-order valence-electron chi connectivity index (χ1n) is 6.85. The molecule has 0 fully saturated rings. The number of aliphatic hydroxyl groups is 1. The van der Waals surface area contributed by atoms with Crippen LogP contribution in [0.4, 0.5) is 4.39 Å². The molecule has 1 rings (SSSR count). The molecule has 0 radical (unpaired) electrons. The second-order valence-corrected chi connectivity index (χ2v) is 4.96. The highest BCUT2D eigenvalue weighted by Gasteiger charge is 2.13. The van der Waals surface area contributed by atoms with E-state index in [2.05, 4.69) is 12.2 Å².